The number of nitrogens with zero attached hydrogens (tertiary/aromatic N) is 1. The molecule has 3 N–H and O–H groups in total. The fourth-order valence-electron chi connectivity index (χ4n) is 2.19. The van der Waals surface area contributed by atoms with Crippen molar-refractivity contribution in [2.24, 2.45) is 10.4 Å². The van der Waals surface area contributed by atoms with Crippen molar-refractivity contribution in [2.75, 3.05) is 18.9 Å². The first-order chi connectivity index (χ1) is 8.15. The third-order valence-corrected chi connectivity index (χ3v) is 3.65. The van der Waals surface area contributed by atoms with Gasteiger partial charge in [0, 0.05) is 29.4 Å². The minimum absolute atomic E-state index is 0.0507. The Kier molecular flexibility index (Phi) is 3.48. The van der Waals surface area contributed by atoms with E-state index >= 15 is 0 Å². The molecule has 0 radical (unpaired) electrons. The zero-order valence-corrected chi connectivity index (χ0v) is 10.3. The summed E-state index contributed by atoms with van der Waals surface area (Å²) >= 11 is 0. The lowest BCUT2D eigenvalue weighted by Gasteiger charge is -2.38. The van der Waals surface area contributed by atoms with Gasteiger partial charge in [0.25, 0.3) is 0 Å². The minimum atomic E-state index is 0.0507. The first-order valence-electron chi connectivity index (χ1n) is 6.12. The van der Waals surface area contributed by atoms with Crippen LogP contribution in [0.3, 0.4) is 0 Å². The Morgan fingerprint density at radius 2 is 2.24 bits per heavy atom. The first-order valence-corrected chi connectivity index (χ1v) is 6.12. The lowest BCUT2D eigenvalue weighted by atomic mass is 9.69. The Labute approximate surface area is 102 Å². The molecule has 0 aliphatic heterocycles. The maximum atomic E-state index is 9.33. The highest BCUT2D eigenvalue weighted by Crippen LogP contribution is 2.40. The van der Waals surface area contributed by atoms with Crippen LogP contribution in [0.1, 0.15) is 30.4 Å². The Bertz CT molecular complexity index is 417. The number of aliphatic imine (C=N–C) groups is 1. The van der Waals surface area contributed by atoms with E-state index in [0.717, 1.165) is 24.1 Å². The lowest BCUT2D eigenvalue weighted by Crippen LogP contribution is -2.36. The average Bonchev–Trinajstić information content (AvgIpc) is 2.27. The number of nitrogens with two attached hydrogens (primary N) is 1. The van der Waals surface area contributed by atoms with Gasteiger partial charge in [0.2, 0.25) is 0 Å². The van der Waals surface area contributed by atoms with Crippen LogP contribution < -0.4 is 5.73 Å². The third kappa shape index (κ3) is 2.67. The van der Waals surface area contributed by atoms with Gasteiger partial charge in [-0.1, -0.05) is 18.1 Å². The number of anilines is 1. The SMILES string of the molecule is Cc1ccc(N)c(C=NCC2(CO)CCC2)c1. The van der Waals surface area contributed by atoms with Crippen molar-refractivity contribution in [1.29, 1.82) is 0 Å². The number of hydrogen-bond donors (Lipinski definition) is 2. The molecule has 0 heterocycles. The molecule has 3 nitrogen and oxygen atoms in total. The summed E-state index contributed by atoms with van der Waals surface area (Å²) in [5.74, 6) is 0. The molecule has 0 spiro atoms. The summed E-state index contributed by atoms with van der Waals surface area (Å²) in [6.07, 6.45) is 5.22. The number of benzene rings is 1. The van der Waals surface area contributed by atoms with Gasteiger partial charge in [-0.15, -0.1) is 0 Å². The van der Waals surface area contributed by atoms with Crippen molar-refractivity contribution < 1.29 is 5.11 Å². The van der Waals surface area contributed by atoms with E-state index in [1.54, 1.807) is 0 Å². The highest BCUT2D eigenvalue weighted by Gasteiger charge is 2.35. The number of rotatable bonds is 4. The Morgan fingerprint density at radius 1 is 1.47 bits per heavy atom. The number of aliphatic hydroxyl groups excluding tert-OH is 1. The van der Waals surface area contributed by atoms with Crippen molar-refractivity contribution in [3.63, 3.8) is 0 Å². The first kappa shape index (κ1) is 12.1. The molecule has 0 saturated heterocycles. The van der Waals surface area contributed by atoms with Gasteiger partial charge in [-0.3, -0.25) is 4.99 Å². The van der Waals surface area contributed by atoms with Crippen LogP contribution in [0.5, 0.6) is 0 Å². The molecule has 1 fully saturated rings. The second kappa shape index (κ2) is 4.88. The van der Waals surface area contributed by atoms with Crippen LogP contribution in [-0.2, 0) is 0 Å². The quantitative estimate of drug-likeness (QED) is 0.617. The van der Waals surface area contributed by atoms with Gasteiger partial charge in [0.05, 0.1) is 6.61 Å². The molecule has 17 heavy (non-hydrogen) atoms. The van der Waals surface area contributed by atoms with Gasteiger partial charge in [0.15, 0.2) is 0 Å². The van der Waals surface area contributed by atoms with Crippen LogP contribution in [0.4, 0.5) is 5.69 Å². The zero-order valence-electron chi connectivity index (χ0n) is 10.3. The van der Waals surface area contributed by atoms with Crippen LogP contribution in [0, 0.1) is 12.3 Å². The highest BCUT2D eigenvalue weighted by molar-refractivity contribution is 5.87. The molecule has 1 saturated carbocycles. The third-order valence-electron chi connectivity index (χ3n) is 3.65. The molecule has 0 aromatic heterocycles. The van der Waals surface area contributed by atoms with Gasteiger partial charge in [-0.25, -0.2) is 0 Å². The second-order valence-electron chi connectivity index (χ2n) is 5.11. The van der Waals surface area contributed by atoms with Crippen molar-refractivity contribution in [3.8, 4) is 0 Å². The van der Waals surface area contributed by atoms with Crippen molar-refractivity contribution in [1.82, 2.24) is 0 Å². The summed E-state index contributed by atoms with van der Waals surface area (Å²) in [7, 11) is 0. The molecule has 1 aromatic carbocycles. The number of aryl methyl sites for hydroxylation is 1. The normalized spacial score (nSPS) is 18.2. The van der Waals surface area contributed by atoms with E-state index in [1.807, 2.05) is 31.3 Å². The molecule has 2 rings (SSSR count). The average molecular weight is 232 g/mol. The van der Waals surface area contributed by atoms with Gasteiger partial charge < -0.3 is 10.8 Å². The molecule has 3 heteroatoms. The van der Waals surface area contributed by atoms with Crippen LogP contribution in [0.25, 0.3) is 0 Å². The smallest absolute Gasteiger partial charge is 0.0505 e. The Hall–Kier alpha value is -1.35. The summed E-state index contributed by atoms with van der Waals surface area (Å²) in [5.41, 5.74) is 8.84. The zero-order chi connectivity index (χ0) is 12.3. The van der Waals surface area contributed by atoms with Gasteiger partial charge in [0.1, 0.15) is 0 Å². The van der Waals surface area contributed by atoms with Gasteiger partial charge in [-0.05, 0) is 31.9 Å². The van der Waals surface area contributed by atoms with Gasteiger partial charge in [-0.2, -0.15) is 0 Å². The fourth-order valence-corrected chi connectivity index (χ4v) is 2.19. The van der Waals surface area contributed by atoms with E-state index in [-0.39, 0.29) is 12.0 Å². The number of nitrogen functional groups attached to an aromatic ring is 1. The van der Waals surface area contributed by atoms with E-state index in [4.69, 9.17) is 5.73 Å². The Morgan fingerprint density at radius 3 is 2.82 bits per heavy atom. The summed E-state index contributed by atoms with van der Waals surface area (Å²) in [6, 6.07) is 5.93. The molecule has 1 aliphatic carbocycles. The molecule has 1 aliphatic rings. The van der Waals surface area contributed by atoms with Crippen LogP contribution in [0.15, 0.2) is 23.2 Å². The van der Waals surface area contributed by atoms with Crippen LogP contribution >= 0.6 is 0 Å². The monoisotopic (exact) mass is 232 g/mol. The molecule has 0 unspecified atom stereocenters. The predicted octanol–water partition coefficient (Wildman–Crippen LogP) is 2.16. The predicted molar refractivity (Wildman–Crippen MR) is 71.4 cm³/mol. The molecule has 0 bridgehead atoms. The Balaban J connectivity index is 2.02. The number of aliphatic hydroxyl groups is 1. The van der Waals surface area contributed by atoms with Crippen molar-refractivity contribution in [2.45, 2.75) is 26.2 Å². The fraction of sp³-hybridized carbons (Fsp3) is 0.500. The topological polar surface area (TPSA) is 58.6 Å². The van der Waals surface area contributed by atoms with E-state index in [0.29, 0.717) is 6.54 Å². The summed E-state index contributed by atoms with van der Waals surface area (Å²) in [4.78, 5) is 4.44. The summed E-state index contributed by atoms with van der Waals surface area (Å²) in [5, 5.41) is 9.33. The van der Waals surface area contributed by atoms with E-state index in [9.17, 15) is 5.11 Å². The molecule has 0 amide bonds. The molecule has 92 valence electrons. The summed E-state index contributed by atoms with van der Waals surface area (Å²) < 4.78 is 0. The van der Waals surface area contributed by atoms with Crippen LogP contribution in [0.2, 0.25) is 0 Å². The molecular formula is C14H20N2O. The second-order valence-corrected chi connectivity index (χ2v) is 5.11. The van der Waals surface area contributed by atoms with Crippen molar-refractivity contribution >= 4 is 11.9 Å². The highest BCUT2D eigenvalue weighted by atomic mass is 16.3. The van der Waals surface area contributed by atoms with E-state index < -0.39 is 0 Å². The minimum Gasteiger partial charge on any atom is -0.398 e. The van der Waals surface area contributed by atoms with Crippen molar-refractivity contribution in [3.05, 3.63) is 29.3 Å². The summed E-state index contributed by atoms with van der Waals surface area (Å²) in [6.45, 7) is 2.99. The van der Waals surface area contributed by atoms with E-state index in [1.165, 1.54) is 12.0 Å². The van der Waals surface area contributed by atoms with Gasteiger partial charge >= 0.3 is 0 Å². The largest absolute Gasteiger partial charge is 0.398 e. The standard InChI is InChI=1S/C14H20N2O/c1-11-3-4-13(15)12(7-11)8-16-9-14(10-17)5-2-6-14/h3-4,7-8,17H,2,5-6,9-10,15H2,1H3. The number of hydrogen-bond acceptors (Lipinski definition) is 3. The maximum absolute atomic E-state index is 9.33. The molecular weight excluding hydrogens is 212 g/mol. The lowest BCUT2D eigenvalue weighted by molar-refractivity contribution is 0.0541. The molecule has 0 atom stereocenters. The molecule has 1 aromatic rings. The van der Waals surface area contributed by atoms with Crippen LogP contribution in [-0.4, -0.2) is 24.5 Å². The van der Waals surface area contributed by atoms with E-state index in [2.05, 4.69) is 4.99 Å². The maximum Gasteiger partial charge on any atom is 0.0505 e.